The number of hydrogen-bond acceptors (Lipinski definition) is 3. The first-order valence-electron chi connectivity index (χ1n) is 7.33. The standard InChI is InChI=1S/C16H15F3N2O2S/c17-12-2-1-3-14(10-12)24(22,23)21-8-6-20(7-9-21)16-5-4-13(18)11-15(16)19/h1-5,10-11H,6-9H2. The topological polar surface area (TPSA) is 40.6 Å². The average molecular weight is 356 g/mol. The first-order chi connectivity index (χ1) is 11.4. The Labute approximate surface area is 138 Å². The summed E-state index contributed by atoms with van der Waals surface area (Å²) in [5.41, 5.74) is 0.235. The molecule has 0 radical (unpaired) electrons. The van der Waals surface area contributed by atoms with Gasteiger partial charge in [0.25, 0.3) is 0 Å². The largest absolute Gasteiger partial charge is 0.367 e. The van der Waals surface area contributed by atoms with E-state index in [0.29, 0.717) is 0 Å². The Bertz CT molecular complexity index is 850. The maximum atomic E-state index is 13.8. The highest BCUT2D eigenvalue weighted by molar-refractivity contribution is 7.89. The van der Waals surface area contributed by atoms with Crippen LogP contribution in [0.5, 0.6) is 0 Å². The number of sulfonamides is 1. The maximum absolute atomic E-state index is 13.8. The molecule has 2 aromatic rings. The van der Waals surface area contributed by atoms with Gasteiger partial charge in [-0.3, -0.25) is 0 Å². The Kier molecular flexibility index (Phi) is 4.51. The van der Waals surface area contributed by atoms with Gasteiger partial charge in [0.2, 0.25) is 10.0 Å². The molecule has 0 atom stereocenters. The van der Waals surface area contributed by atoms with Crippen LogP contribution < -0.4 is 4.90 Å². The van der Waals surface area contributed by atoms with Crippen molar-refractivity contribution in [2.45, 2.75) is 4.90 Å². The fourth-order valence-electron chi connectivity index (χ4n) is 2.68. The zero-order valence-corrected chi connectivity index (χ0v) is 13.4. The van der Waals surface area contributed by atoms with Gasteiger partial charge in [-0.1, -0.05) is 6.07 Å². The summed E-state index contributed by atoms with van der Waals surface area (Å²) in [6, 6.07) is 8.12. The van der Waals surface area contributed by atoms with Crippen LogP contribution in [0.2, 0.25) is 0 Å². The lowest BCUT2D eigenvalue weighted by Crippen LogP contribution is -2.48. The van der Waals surface area contributed by atoms with Crippen LogP contribution in [0.25, 0.3) is 0 Å². The number of rotatable bonds is 3. The predicted molar refractivity (Wildman–Crippen MR) is 83.7 cm³/mol. The van der Waals surface area contributed by atoms with Crippen LogP contribution in [0.4, 0.5) is 18.9 Å². The summed E-state index contributed by atoms with van der Waals surface area (Å²) in [6.07, 6.45) is 0. The van der Waals surface area contributed by atoms with E-state index < -0.39 is 27.5 Å². The van der Waals surface area contributed by atoms with Crippen molar-refractivity contribution in [1.82, 2.24) is 4.31 Å². The molecule has 4 nitrogen and oxygen atoms in total. The number of benzene rings is 2. The van der Waals surface area contributed by atoms with Crippen LogP contribution in [0.1, 0.15) is 0 Å². The van der Waals surface area contributed by atoms with Gasteiger partial charge in [-0.2, -0.15) is 4.31 Å². The molecule has 24 heavy (non-hydrogen) atoms. The lowest BCUT2D eigenvalue weighted by molar-refractivity contribution is 0.382. The second kappa shape index (κ2) is 6.45. The molecule has 1 aliphatic rings. The van der Waals surface area contributed by atoms with Crippen molar-refractivity contribution in [3.05, 3.63) is 59.9 Å². The Morgan fingerprint density at radius 2 is 1.50 bits per heavy atom. The van der Waals surface area contributed by atoms with Crippen LogP contribution >= 0.6 is 0 Å². The third-order valence-electron chi connectivity index (χ3n) is 3.92. The molecule has 0 spiro atoms. The quantitative estimate of drug-likeness (QED) is 0.849. The number of nitrogens with zero attached hydrogens (tertiary/aromatic N) is 2. The molecule has 128 valence electrons. The van der Waals surface area contributed by atoms with Crippen molar-refractivity contribution in [3.8, 4) is 0 Å². The monoisotopic (exact) mass is 356 g/mol. The number of anilines is 1. The van der Waals surface area contributed by atoms with Crippen LogP contribution in [0.3, 0.4) is 0 Å². The first kappa shape index (κ1) is 16.8. The Morgan fingerprint density at radius 1 is 0.833 bits per heavy atom. The van der Waals surface area contributed by atoms with Crippen LogP contribution in [-0.4, -0.2) is 38.9 Å². The number of halogens is 3. The summed E-state index contributed by atoms with van der Waals surface area (Å²) in [6.45, 7) is 0.791. The maximum Gasteiger partial charge on any atom is 0.243 e. The zero-order chi connectivity index (χ0) is 17.3. The molecular formula is C16H15F3N2O2S. The van der Waals surface area contributed by atoms with E-state index >= 15 is 0 Å². The fraction of sp³-hybridized carbons (Fsp3) is 0.250. The van der Waals surface area contributed by atoms with Gasteiger partial charge in [-0.25, -0.2) is 21.6 Å². The normalized spacial score (nSPS) is 16.4. The highest BCUT2D eigenvalue weighted by Crippen LogP contribution is 2.24. The minimum atomic E-state index is -3.79. The Hall–Kier alpha value is -2.06. The van der Waals surface area contributed by atoms with E-state index in [1.165, 1.54) is 28.6 Å². The van der Waals surface area contributed by atoms with E-state index in [9.17, 15) is 21.6 Å². The van der Waals surface area contributed by atoms with Crippen molar-refractivity contribution in [2.24, 2.45) is 0 Å². The third kappa shape index (κ3) is 3.25. The van der Waals surface area contributed by atoms with Gasteiger partial charge in [0, 0.05) is 32.2 Å². The van der Waals surface area contributed by atoms with Gasteiger partial charge in [0.15, 0.2) is 0 Å². The van der Waals surface area contributed by atoms with E-state index in [-0.39, 0.29) is 36.8 Å². The van der Waals surface area contributed by atoms with Crippen molar-refractivity contribution in [1.29, 1.82) is 0 Å². The molecule has 1 fully saturated rings. The highest BCUT2D eigenvalue weighted by atomic mass is 32.2. The Balaban J connectivity index is 1.75. The van der Waals surface area contributed by atoms with Gasteiger partial charge in [0.1, 0.15) is 17.5 Å². The fourth-order valence-corrected chi connectivity index (χ4v) is 4.14. The molecule has 0 bridgehead atoms. The summed E-state index contributed by atoms with van der Waals surface area (Å²) in [5, 5.41) is 0. The summed E-state index contributed by atoms with van der Waals surface area (Å²) in [4.78, 5) is 1.55. The van der Waals surface area contributed by atoms with Crippen LogP contribution in [0.15, 0.2) is 47.4 Å². The summed E-state index contributed by atoms with van der Waals surface area (Å²) in [5.74, 6) is -1.97. The predicted octanol–water partition coefficient (Wildman–Crippen LogP) is 2.61. The molecule has 0 unspecified atom stereocenters. The minimum Gasteiger partial charge on any atom is -0.367 e. The molecule has 1 saturated heterocycles. The van der Waals surface area contributed by atoms with E-state index in [0.717, 1.165) is 18.2 Å². The smallest absolute Gasteiger partial charge is 0.243 e. The molecule has 0 saturated carbocycles. The second-order valence-corrected chi connectivity index (χ2v) is 7.38. The molecule has 3 rings (SSSR count). The van der Waals surface area contributed by atoms with Crippen LogP contribution in [0, 0.1) is 17.5 Å². The summed E-state index contributed by atoms with van der Waals surface area (Å²) in [7, 11) is -3.79. The second-order valence-electron chi connectivity index (χ2n) is 5.44. The summed E-state index contributed by atoms with van der Waals surface area (Å²) < 4.78 is 66.3. The van der Waals surface area contributed by atoms with Gasteiger partial charge in [0.05, 0.1) is 10.6 Å². The van der Waals surface area contributed by atoms with Gasteiger partial charge >= 0.3 is 0 Å². The number of hydrogen-bond donors (Lipinski definition) is 0. The minimum absolute atomic E-state index is 0.107. The summed E-state index contributed by atoms with van der Waals surface area (Å²) >= 11 is 0. The first-order valence-corrected chi connectivity index (χ1v) is 8.77. The lowest BCUT2D eigenvalue weighted by Gasteiger charge is -2.35. The molecule has 0 N–H and O–H groups in total. The molecule has 8 heteroatoms. The van der Waals surface area contributed by atoms with E-state index in [4.69, 9.17) is 0 Å². The van der Waals surface area contributed by atoms with Crippen LogP contribution in [-0.2, 0) is 10.0 Å². The van der Waals surface area contributed by atoms with Crippen molar-refractivity contribution in [2.75, 3.05) is 31.1 Å². The van der Waals surface area contributed by atoms with Crippen molar-refractivity contribution in [3.63, 3.8) is 0 Å². The van der Waals surface area contributed by atoms with E-state index in [2.05, 4.69) is 0 Å². The molecule has 0 aliphatic carbocycles. The molecule has 1 heterocycles. The SMILES string of the molecule is O=S(=O)(c1cccc(F)c1)N1CCN(c2ccc(F)cc2F)CC1. The van der Waals surface area contributed by atoms with Gasteiger partial charge < -0.3 is 4.90 Å². The van der Waals surface area contributed by atoms with Crippen molar-refractivity contribution < 1.29 is 21.6 Å². The van der Waals surface area contributed by atoms with Crippen molar-refractivity contribution >= 4 is 15.7 Å². The highest BCUT2D eigenvalue weighted by Gasteiger charge is 2.29. The third-order valence-corrected chi connectivity index (χ3v) is 5.82. The zero-order valence-electron chi connectivity index (χ0n) is 12.6. The molecular weight excluding hydrogens is 341 g/mol. The molecule has 0 amide bonds. The molecule has 2 aromatic carbocycles. The number of piperazine rings is 1. The van der Waals surface area contributed by atoms with Gasteiger partial charge in [-0.15, -0.1) is 0 Å². The average Bonchev–Trinajstić information content (AvgIpc) is 2.55. The molecule has 0 aromatic heterocycles. The lowest BCUT2D eigenvalue weighted by atomic mass is 10.2. The van der Waals surface area contributed by atoms with E-state index in [1.807, 2.05) is 0 Å². The molecule has 1 aliphatic heterocycles. The Morgan fingerprint density at radius 3 is 2.12 bits per heavy atom. The van der Waals surface area contributed by atoms with E-state index in [1.54, 1.807) is 4.90 Å². The van der Waals surface area contributed by atoms with Gasteiger partial charge in [-0.05, 0) is 30.3 Å².